The fourth-order valence-electron chi connectivity index (χ4n) is 7.85. The van der Waals surface area contributed by atoms with Crippen LogP contribution >= 0.6 is 7.60 Å². The van der Waals surface area contributed by atoms with Gasteiger partial charge in [0, 0.05) is 25.4 Å². The van der Waals surface area contributed by atoms with E-state index in [1.165, 1.54) is 4.90 Å². The van der Waals surface area contributed by atoms with Crippen LogP contribution in [0.1, 0.15) is 89.9 Å². The lowest BCUT2D eigenvalue weighted by Crippen LogP contribution is -2.55. The number of benzene rings is 1. The highest BCUT2D eigenvalue weighted by Crippen LogP contribution is 2.67. The zero-order valence-corrected chi connectivity index (χ0v) is 29.4. The molecule has 5 N–H and O–H groups in total. The van der Waals surface area contributed by atoms with E-state index in [2.05, 4.69) is 20.9 Å². The molecule has 0 radical (unpaired) electrons. The molecule has 4 fully saturated rings. The molecule has 1 aromatic rings. The van der Waals surface area contributed by atoms with Crippen LogP contribution in [0.3, 0.4) is 0 Å². The van der Waals surface area contributed by atoms with Crippen molar-refractivity contribution in [2.45, 2.75) is 119 Å². The van der Waals surface area contributed by atoms with Gasteiger partial charge in [-0.05, 0) is 82.8 Å². The van der Waals surface area contributed by atoms with Gasteiger partial charge >= 0.3 is 19.8 Å². The van der Waals surface area contributed by atoms with Gasteiger partial charge in [-0.1, -0.05) is 37.1 Å². The Balaban J connectivity index is 1.21. The minimum Gasteiger partial charge on any atom is -0.446 e. The average Bonchev–Trinajstić information content (AvgIpc) is 3.36. The second kappa shape index (κ2) is 15.7. The van der Waals surface area contributed by atoms with E-state index in [4.69, 9.17) is 9.47 Å². The van der Waals surface area contributed by atoms with E-state index >= 15 is 0 Å². The quantitative estimate of drug-likeness (QED) is 0.203. The Labute approximate surface area is 292 Å². The molecule has 0 bridgehead atoms. The number of carbonyl (C=O) groups is 4. The maximum absolute atomic E-state index is 14.2. The minimum absolute atomic E-state index is 0.0656. The Morgan fingerprint density at radius 3 is 2.36 bits per heavy atom. The van der Waals surface area contributed by atoms with Crippen molar-refractivity contribution in [3.63, 3.8) is 0 Å². The van der Waals surface area contributed by atoms with Gasteiger partial charge in [0.2, 0.25) is 11.8 Å². The summed E-state index contributed by atoms with van der Waals surface area (Å²) in [4.78, 5) is 78.6. The number of nitrogens with one attached hydrogen (secondary N) is 3. The summed E-state index contributed by atoms with van der Waals surface area (Å²) < 4.78 is 24.1. The molecule has 1 unspecified atom stereocenters. The van der Waals surface area contributed by atoms with Crippen LogP contribution in [0.5, 0.6) is 0 Å². The van der Waals surface area contributed by atoms with Crippen LogP contribution in [0, 0.1) is 5.92 Å². The van der Waals surface area contributed by atoms with Crippen molar-refractivity contribution in [1.82, 2.24) is 15.5 Å². The van der Waals surface area contributed by atoms with Crippen LogP contribution in [0.2, 0.25) is 0 Å². The van der Waals surface area contributed by atoms with E-state index in [9.17, 15) is 33.5 Å². The van der Waals surface area contributed by atoms with Gasteiger partial charge in [-0.15, -0.1) is 0 Å². The number of para-hydroxylation sites is 2. The highest BCUT2D eigenvalue weighted by atomic mass is 31.2. The molecule has 1 aromatic carbocycles. The number of allylic oxidation sites excluding steroid dienone is 1. The maximum Gasteiger partial charge on any atom is 0.412 e. The normalized spacial score (nSPS) is 30.2. The first-order chi connectivity index (χ1) is 24.0. The third kappa shape index (κ3) is 8.46. The highest BCUT2D eigenvalue weighted by molar-refractivity contribution is 7.54. The molecule has 5 atom stereocenters. The third-order valence-corrected chi connectivity index (χ3v) is 12.4. The van der Waals surface area contributed by atoms with Crippen LogP contribution in [0.15, 0.2) is 36.4 Å². The molecule has 4 amide bonds. The molecule has 274 valence electrons. The first-order valence-electron chi connectivity index (χ1n) is 18.2. The largest absolute Gasteiger partial charge is 0.446 e. The Bertz CT molecular complexity index is 1490. The van der Waals surface area contributed by atoms with Crippen molar-refractivity contribution in [2.75, 3.05) is 29.9 Å². The zero-order valence-electron chi connectivity index (χ0n) is 28.5. The van der Waals surface area contributed by atoms with Gasteiger partial charge in [-0.2, -0.15) is 0 Å². The molecule has 2 aliphatic carbocycles. The van der Waals surface area contributed by atoms with Crippen molar-refractivity contribution in [3.8, 4) is 0 Å². The Morgan fingerprint density at radius 1 is 0.900 bits per heavy atom. The lowest BCUT2D eigenvalue weighted by molar-refractivity contribution is -0.140. The van der Waals surface area contributed by atoms with Crippen LogP contribution in [-0.2, 0) is 23.6 Å². The van der Waals surface area contributed by atoms with E-state index in [0.29, 0.717) is 24.9 Å². The number of hydrogen-bond acceptors (Lipinski definition) is 8. The SMILES string of the molecule is O=C(N[C@H]1CCCCC/C=C\[C@@H]2CC2(P(=O)(O)O)NC(=O)[C@@H]2C[C@@H](OC(=O)Nc3ccccc3N3CCCCC3)CN2C1=O)OC1CCCC1. The molecular formula is C35H50N5O9P. The highest BCUT2D eigenvalue weighted by Gasteiger charge is 2.66. The van der Waals surface area contributed by atoms with E-state index in [1.807, 2.05) is 24.3 Å². The topological polar surface area (TPSA) is 187 Å². The Kier molecular flexibility index (Phi) is 11.4. The van der Waals surface area contributed by atoms with Crippen molar-refractivity contribution < 1.29 is 43.0 Å². The summed E-state index contributed by atoms with van der Waals surface area (Å²) in [6, 6.07) is 5.26. The molecule has 15 heteroatoms. The standard InChI is InChI=1S/C35H50N5O9P/c41-31-30-21-26(49-33(43)36-27-16-9-10-18-29(27)39-19-11-4-12-20-39)23-40(30)32(42)28(37-34(44)48-25-14-7-8-15-25)17-6-3-1-2-5-13-24-22-35(24,38-31)50(45,46)47/h5,9-10,13,16,18,24-26,28,30H,1-4,6-8,11-12,14-15,17,19-23H2,(H,36,43)(H,37,44)(H,38,41)(H2,45,46,47)/b13-5-/t24-,26-,28+,30+,35?/m1/s1. The van der Waals surface area contributed by atoms with Crippen molar-refractivity contribution in [1.29, 1.82) is 0 Å². The summed E-state index contributed by atoms with van der Waals surface area (Å²) in [5, 5.41) is 6.42. The molecule has 6 rings (SSSR count). The molecule has 3 heterocycles. The number of piperidine rings is 1. The summed E-state index contributed by atoms with van der Waals surface area (Å²) in [7, 11) is -4.80. The van der Waals surface area contributed by atoms with E-state index in [0.717, 1.165) is 76.6 Å². The number of amides is 4. The summed E-state index contributed by atoms with van der Waals surface area (Å²) in [6.45, 7) is 1.61. The van der Waals surface area contributed by atoms with Gasteiger partial charge in [0.1, 0.15) is 29.6 Å². The lowest BCUT2D eigenvalue weighted by atomic mass is 10.0. The Morgan fingerprint density at radius 2 is 1.60 bits per heavy atom. The summed E-state index contributed by atoms with van der Waals surface area (Å²) in [5.74, 6) is -1.84. The maximum atomic E-state index is 14.2. The van der Waals surface area contributed by atoms with Crippen LogP contribution in [0.25, 0.3) is 0 Å². The molecule has 2 saturated heterocycles. The van der Waals surface area contributed by atoms with Crippen LogP contribution < -0.4 is 20.9 Å². The second-order valence-electron chi connectivity index (χ2n) is 14.3. The zero-order chi connectivity index (χ0) is 35.3. The number of ether oxygens (including phenoxy) is 2. The van der Waals surface area contributed by atoms with Gasteiger partial charge in [-0.3, -0.25) is 19.5 Å². The summed E-state index contributed by atoms with van der Waals surface area (Å²) in [5.41, 5.74) is 1.47. The van der Waals surface area contributed by atoms with Crippen molar-refractivity contribution >= 4 is 43.0 Å². The molecule has 2 saturated carbocycles. The number of alkyl carbamates (subject to hydrolysis) is 1. The first kappa shape index (κ1) is 36.2. The number of rotatable bonds is 6. The monoisotopic (exact) mass is 715 g/mol. The third-order valence-electron chi connectivity index (χ3n) is 10.7. The molecule has 3 aliphatic heterocycles. The van der Waals surface area contributed by atoms with Crippen LogP contribution in [-0.4, -0.2) is 87.9 Å². The summed E-state index contributed by atoms with van der Waals surface area (Å²) >= 11 is 0. The van der Waals surface area contributed by atoms with E-state index in [1.54, 1.807) is 12.1 Å². The number of nitrogens with zero attached hydrogens (tertiary/aromatic N) is 2. The Hall–Kier alpha value is -3.61. The van der Waals surface area contributed by atoms with Crippen molar-refractivity contribution in [3.05, 3.63) is 36.4 Å². The lowest BCUT2D eigenvalue weighted by Gasteiger charge is -2.30. The van der Waals surface area contributed by atoms with Gasteiger partial charge in [-0.25, -0.2) is 9.59 Å². The number of fused-ring (bicyclic) bond motifs is 2. The molecule has 0 aromatic heterocycles. The second-order valence-corrected chi connectivity index (χ2v) is 16.2. The van der Waals surface area contributed by atoms with E-state index in [-0.39, 0.29) is 25.5 Å². The van der Waals surface area contributed by atoms with Gasteiger partial charge in [0.25, 0.3) is 0 Å². The predicted molar refractivity (Wildman–Crippen MR) is 185 cm³/mol. The average molecular weight is 716 g/mol. The fraction of sp³-hybridized carbons (Fsp3) is 0.657. The first-order valence-corrected chi connectivity index (χ1v) is 19.8. The minimum atomic E-state index is -4.80. The molecular weight excluding hydrogens is 665 g/mol. The smallest absolute Gasteiger partial charge is 0.412 e. The molecule has 0 spiro atoms. The molecule has 50 heavy (non-hydrogen) atoms. The van der Waals surface area contributed by atoms with Gasteiger partial charge in [0.05, 0.1) is 17.9 Å². The van der Waals surface area contributed by atoms with Gasteiger partial charge < -0.3 is 39.7 Å². The summed E-state index contributed by atoms with van der Waals surface area (Å²) in [6.07, 6.45) is 10.9. The molecule has 5 aliphatic rings. The number of hydrogen-bond donors (Lipinski definition) is 5. The van der Waals surface area contributed by atoms with Crippen molar-refractivity contribution in [2.24, 2.45) is 5.92 Å². The number of carbonyl (C=O) groups excluding carboxylic acids is 4. The fourth-order valence-corrected chi connectivity index (χ4v) is 9.06. The number of anilines is 2. The van der Waals surface area contributed by atoms with Crippen LogP contribution in [0.4, 0.5) is 21.0 Å². The predicted octanol–water partition coefficient (Wildman–Crippen LogP) is 4.76. The van der Waals surface area contributed by atoms with E-state index < -0.39 is 61.0 Å². The molecule has 14 nitrogen and oxygen atoms in total. The van der Waals surface area contributed by atoms with Gasteiger partial charge in [0.15, 0.2) is 0 Å².